The van der Waals surface area contributed by atoms with Crippen molar-refractivity contribution in [2.45, 2.75) is 38.5 Å². The standard InChI is InChI=1S/C16H26O4Si/c1-16(2,15(17)14-10-7-6-8-11-14)20-12-9-13-21(5,18-3)19-4/h6-8,10-11H,9,12-13H2,1-5H3. The van der Waals surface area contributed by atoms with Crippen LogP contribution in [0.4, 0.5) is 0 Å². The molecule has 1 aromatic rings. The van der Waals surface area contributed by atoms with E-state index in [2.05, 4.69) is 0 Å². The fourth-order valence-electron chi connectivity index (χ4n) is 2.01. The number of ketones is 1. The Morgan fingerprint density at radius 1 is 1.14 bits per heavy atom. The van der Waals surface area contributed by atoms with Crippen molar-refractivity contribution in [1.29, 1.82) is 0 Å². The third kappa shape index (κ3) is 5.35. The monoisotopic (exact) mass is 310 g/mol. The van der Waals surface area contributed by atoms with Crippen molar-refractivity contribution < 1.29 is 18.4 Å². The van der Waals surface area contributed by atoms with Gasteiger partial charge in [-0.3, -0.25) is 4.79 Å². The Kier molecular flexibility index (Phi) is 6.74. The van der Waals surface area contributed by atoms with Crippen LogP contribution in [0.1, 0.15) is 30.6 Å². The summed E-state index contributed by atoms with van der Waals surface area (Å²) in [7, 11) is 1.31. The molecule has 4 nitrogen and oxygen atoms in total. The van der Waals surface area contributed by atoms with Crippen LogP contribution in [0.5, 0.6) is 0 Å². The van der Waals surface area contributed by atoms with Gasteiger partial charge in [-0.15, -0.1) is 0 Å². The van der Waals surface area contributed by atoms with Crippen molar-refractivity contribution in [2.24, 2.45) is 0 Å². The molecule has 0 saturated heterocycles. The van der Waals surface area contributed by atoms with E-state index in [1.807, 2.05) is 50.7 Å². The van der Waals surface area contributed by atoms with Crippen LogP contribution in [0.3, 0.4) is 0 Å². The Bertz CT molecular complexity index is 441. The van der Waals surface area contributed by atoms with E-state index >= 15 is 0 Å². The highest BCUT2D eigenvalue weighted by Gasteiger charge is 2.31. The van der Waals surface area contributed by atoms with Gasteiger partial charge in [0.25, 0.3) is 0 Å². The zero-order valence-corrected chi connectivity index (χ0v) is 14.6. The molecular formula is C16H26O4Si. The molecule has 0 N–H and O–H groups in total. The van der Waals surface area contributed by atoms with Crippen molar-refractivity contribution in [1.82, 2.24) is 0 Å². The van der Waals surface area contributed by atoms with Gasteiger partial charge >= 0.3 is 8.56 Å². The maximum atomic E-state index is 12.4. The second kappa shape index (κ2) is 7.84. The lowest BCUT2D eigenvalue weighted by Crippen LogP contribution is -2.38. The number of hydrogen-bond acceptors (Lipinski definition) is 4. The third-order valence-corrected chi connectivity index (χ3v) is 6.67. The minimum absolute atomic E-state index is 0.00147. The normalized spacial score (nSPS) is 12.4. The predicted molar refractivity (Wildman–Crippen MR) is 85.9 cm³/mol. The summed E-state index contributed by atoms with van der Waals surface area (Å²) in [6, 6.07) is 10.1. The topological polar surface area (TPSA) is 44.8 Å². The zero-order chi connectivity index (χ0) is 15.9. The number of hydrogen-bond donors (Lipinski definition) is 0. The van der Waals surface area contributed by atoms with E-state index < -0.39 is 14.2 Å². The summed E-state index contributed by atoms with van der Waals surface area (Å²) in [5.41, 5.74) is -0.144. The first-order chi connectivity index (χ1) is 9.84. The van der Waals surface area contributed by atoms with Gasteiger partial charge in [-0.1, -0.05) is 30.3 Å². The van der Waals surface area contributed by atoms with Crippen LogP contribution in [-0.4, -0.2) is 40.8 Å². The molecule has 0 unspecified atom stereocenters. The Morgan fingerprint density at radius 2 is 1.71 bits per heavy atom. The van der Waals surface area contributed by atoms with Gasteiger partial charge in [0.15, 0.2) is 5.78 Å². The van der Waals surface area contributed by atoms with Gasteiger partial charge in [0.05, 0.1) is 0 Å². The molecule has 0 amide bonds. The number of rotatable bonds is 9. The average Bonchev–Trinajstić information content (AvgIpc) is 2.51. The Hall–Kier alpha value is -1.01. The molecule has 0 fully saturated rings. The average molecular weight is 310 g/mol. The van der Waals surface area contributed by atoms with Crippen molar-refractivity contribution in [3.63, 3.8) is 0 Å². The summed E-state index contributed by atoms with van der Waals surface area (Å²) in [5, 5.41) is 0. The Labute approximate surface area is 128 Å². The van der Waals surface area contributed by atoms with Crippen molar-refractivity contribution >= 4 is 14.3 Å². The summed E-state index contributed by atoms with van der Waals surface area (Å²) in [5.74, 6) is 0.00147. The molecule has 21 heavy (non-hydrogen) atoms. The summed E-state index contributed by atoms with van der Waals surface area (Å²) < 4.78 is 16.7. The van der Waals surface area contributed by atoms with E-state index in [-0.39, 0.29) is 5.78 Å². The number of carbonyl (C=O) groups is 1. The van der Waals surface area contributed by atoms with E-state index in [9.17, 15) is 4.79 Å². The minimum atomic E-state index is -2.05. The first-order valence-corrected chi connectivity index (χ1v) is 9.71. The molecule has 0 aliphatic carbocycles. The lowest BCUT2D eigenvalue weighted by atomic mass is 9.96. The molecule has 0 saturated carbocycles. The van der Waals surface area contributed by atoms with Gasteiger partial charge in [0, 0.05) is 26.4 Å². The van der Waals surface area contributed by atoms with Crippen molar-refractivity contribution in [3.05, 3.63) is 35.9 Å². The quantitative estimate of drug-likeness (QED) is 0.398. The van der Waals surface area contributed by atoms with Gasteiger partial charge in [0.1, 0.15) is 5.60 Å². The third-order valence-electron chi connectivity index (χ3n) is 3.68. The molecule has 0 bridgehead atoms. The van der Waals surface area contributed by atoms with Crippen LogP contribution in [0.2, 0.25) is 12.6 Å². The maximum Gasteiger partial charge on any atom is 0.334 e. The van der Waals surface area contributed by atoms with Gasteiger partial charge in [-0.05, 0) is 32.9 Å². The molecule has 118 valence electrons. The number of ether oxygens (including phenoxy) is 1. The van der Waals surface area contributed by atoms with E-state index in [0.717, 1.165) is 12.5 Å². The summed E-state index contributed by atoms with van der Waals surface area (Å²) in [4.78, 5) is 12.4. The first-order valence-electron chi connectivity index (χ1n) is 7.19. The van der Waals surface area contributed by atoms with E-state index in [0.29, 0.717) is 12.2 Å². The molecule has 0 radical (unpaired) electrons. The first kappa shape index (κ1) is 18.0. The molecule has 0 aliphatic rings. The van der Waals surface area contributed by atoms with Crippen LogP contribution in [-0.2, 0) is 13.6 Å². The van der Waals surface area contributed by atoms with Gasteiger partial charge < -0.3 is 13.6 Å². The number of benzene rings is 1. The summed E-state index contributed by atoms with van der Waals surface area (Å²) in [6.45, 7) is 6.16. The van der Waals surface area contributed by atoms with Crippen LogP contribution in [0, 0.1) is 0 Å². The summed E-state index contributed by atoms with van der Waals surface area (Å²) in [6.07, 6.45) is 0.815. The van der Waals surface area contributed by atoms with Gasteiger partial charge in [0.2, 0.25) is 0 Å². The fourth-order valence-corrected chi connectivity index (χ4v) is 3.37. The minimum Gasteiger partial charge on any atom is -0.398 e. The lowest BCUT2D eigenvalue weighted by molar-refractivity contribution is -0.00468. The van der Waals surface area contributed by atoms with E-state index in [1.165, 1.54) is 0 Å². The SMILES string of the molecule is CO[Si](C)(CCCOC(C)(C)C(=O)c1ccccc1)OC. The van der Waals surface area contributed by atoms with Gasteiger partial charge in [-0.2, -0.15) is 0 Å². The highest BCUT2D eigenvalue weighted by Crippen LogP contribution is 2.19. The van der Waals surface area contributed by atoms with Crippen LogP contribution < -0.4 is 0 Å². The van der Waals surface area contributed by atoms with Crippen LogP contribution in [0.25, 0.3) is 0 Å². The Balaban J connectivity index is 2.48. The number of Topliss-reactive ketones (excluding diaryl/α,β-unsaturated/α-hetero) is 1. The van der Waals surface area contributed by atoms with Crippen LogP contribution in [0.15, 0.2) is 30.3 Å². The molecule has 1 aromatic carbocycles. The second-order valence-corrected chi connectivity index (χ2v) is 9.28. The molecular weight excluding hydrogens is 284 g/mol. The zero-order valence-electron chi connectivity index (χ0n) is 13.6. The number of carbonyl (C=O) groups excluding carboxylic acids is 1. The molecule has 0 heterocycles. The van der Waals surface area contributed by atoms with Crippen molar-refractivity contribution in [3.8, 4) is 0 Å². The molecule has 1 rings (SSSR count). The second-order valence-electron chi connectivity index (χ2n) is 5.70. The molecule has 0 aliphatic heterocycles. The van der Waals surface area contributed by atoms with E-state index in [4.69, 9.17) is 13.6 Å². The molecule has 0 aromatic heterocycles. The summed E-state index contributed by atoms with van der Waals surface area (Å²) >= 11 is 0. The van der Waals surface area contributed by atoms with Crippen LogP contribution >= 0.6 is 0 Å². The highest BCUT2D eigenvalue weighted by molar-refractivity contribution is 6.65. The largest absolute Gasteiger partial charge is 0.398 e. The van der Waals surface area contributed by atoms with E-state index in [1.54, 1.807) is 14.2 Å². The highest BCUT2D eigenvalue weighted by atomic mass is 28.4. The molecule has 0 atom stereocenters. The lowest BCUT2D eigenvalue weighted by Gasteiger charge is -2.26. The predicted octanol–water partition coefficient (Wildman–Crippen LogP) is 3.42. The van der Waals surface area contributed by atoms with Crippen molar-refractivity contribution in [2.75, 3.05) is 20.8 Å². The molecule has 5 heteroatoms. The fraction of sp³-hybridized carbons (Fsp3) is 0.562. The molecule has 0 spiro atoms. The smallest absolute Gasteiger partial charge is 0.334 e. The van der Waals surface area contributed by atoms with Gasteiger partial charge in [-0.25, -0.2) is 0 Å². The maximum absolute atomic E-state index is 12.4. The Morgan fingerprint density at radius 3 is 2.24 bits per heavy atom.